The standard InChI is InChI=1S/C9H18F3NO2/c1-14-7-8-15-6-2-4-13-5-3-9(10,11)12/h13H,2-8H2,1H3. The molecule has 0 aromatic heterocycles. The van der Waals surface area contributed by atoms with Gasteiger partial charge in [0.15, 0.2) is 0 Å². The van der Waals surface area contributed by atoms with Gasteiger partial charge >= 0.3 is 6.18 Å². The summed E-state index contributed by atoms with van der Waals surface area (Å²) in [5, 5.41) is 2.70. The second kappa shape index (κ2) is 8.94. The smallest absolute Gasteiger partial charge is 0.382 e. The average molecular weight is 229 g/mol. The van der Waals surface area contributed by atoms with Crippen LogP contribution in [0.2, 0.25) is 0 Å². The van der Waals surface area contributed by atoms with E-state index < -0.39 is 12.6 Å². The summed E-state index contributed by atoms with van der Waals surface area (Å²) in [5.74, 6) is 0. The molecule has 3 nitrogen and oxygen atoms in total. The first kappa shape index (κ1) is 14.7. The van der Waals surface area contributed by atoms with Crippen molar-refractivity contribution in [1.82, 2.24) is 5.32 Å². The molecule has 1 N–H and O–H groups in total. The predicted molar refractivity (Wildman–Crippen MR) is 50.9 cm³/mol. The Kier molecular flexibility index (Phi) is 8.74. The topological polar surface area (TPSA) is 30.5 Å². The first-order valence-electron chi connectivity index (χ1n) is 4.90. The van der Waals surface area contributed by atoms with E-state index in [9.17, 15) is 13.2 Å². The van der Waals surface area contributed by atoms with Crippen molar-refractivity contribution in [3.63, 3.8) is 0 Å². The van der Waals surface area contributed by atoms with E-state index in [4.69, 9.17) is 9.47 Å². The van der Waals surface area contributed by atoms with Crippen molar-refractivity contribution in [2.75, 3.05) is 40.0 Å². The highest BCUT2D eigenvalue weighted by molar-refractivity contribution is 4.54. The summed E-state index contributed by atoms with van der Waals surface area (Å²) in [6.45, 7) is 2.13. The van der Waals surface area contributed by atoms with Crippen LogP contribution in [0.4, 0.5) is 13.2 Å². The van der Waals surface area contributed by atoms with Gasteiger partial charge < -0.3 is 14.8 Å². The minimum Gasteiger partial charge on any atom is -0.382 e. The molecule has 0 aliphatic heterocycles. The monoisotopic (exact) mass is 229 g/mol. The van der Waals surface area contributed by atoms with E-state index in [0.717, 1.165) is 0 Å². The highest BCUT2D eigenvalue weighted by atomic mass is 19.4. The Morgan fingerprint density at radius 2 is 1.80 bits per heavy atom. The zero-order valence-corrected chi connectivity index (χ0v) is 8.90. The van der Waals surface area contributed by atoms with Gasteiger partial charge in [0.25, 0.3) is 0 Å². The van der Waals surface area contributed by atoms with Crippen LogP contribution in [0.1, 0.15) is 12.8 Å². The van der Waals surface area contributed by atoms with Crippen molar-refractivity contribution in [1.29, 1.82) is 0 Å². The molecule has 92 valence electrons. The third kappa shape index (κ3) is 13.7. The van der Waals surface area contributed by atoms with Gasteiger partial charge in [0.05, 0.1) is 19.6 Å². The molecule has 0 aliphatic rings. The van der Waals surface area contributed by atoms with Gasteiger partial charge in [-0.2, -0.15) is 13.2 Å². The van der Waals surface area contributed by atoms with Crippen LogP contribution in [0.15, 0.2) is 0 Å². The van der Waals surface area contributed by atoms with E-state index in [0.29, 0.717) is 32.8 Å². The molecule has 0 rings (SSSR count). The van der Waals surface area contributed by atoms with Crippen LogP contribution in [0.3, 0.4) is 0 Å². The largest absolute Gasteiger partial charge is 0.390 e. The summed E-state index contributed by atoms with van der Waals surface area (Å²) < 4.78 is 45.0. The minimum atomic E-state index is -4.07. The molecule has 6 heteroatoms. The molecule has 0 radical (unpaired) electrons. The van der Waals surface area contributed by atoms with Crippen LogP contribution in [0.5, 0.6) is 0 Å². The maximum Gasteiger partial charge on any atom is 0.390 e. The molecule has 0 heterocycles. The third-order valence-corrected chi connectivity index (χ3v) is 1.66. The number of ether oxygens (including phenoxy) is 2. The lowest BCUT2D eigenvalue weighted by molar-refractivity contribution is -0.133. The number of alkyl halides is 3. The van der Waals surface area contributed by atoms with Gasteiger partial charge in [-0.15, -0.1) is 0 Å². The summed E-state index contributed by atoms with van der Waals surface area (Å²) in [4.78, 5) is 0. The molecule has 0 aromatic carbocycles. The Labute approximate surface area is 87.9 Å². The molecule has 0 unspecified atom stereocenters. The second-order valence-electron chi connectivity index (χ2n) is 3.07. The lowest BCUT2D eigenvalue weighted by Gasteiger charge is -2.07. The van der Waals surface area contributed by atoms with E-state index in [1.54, 1.807) is 7.11 Å². The molecule has 0 aliphatic carbocycles. The molecule has 0 atom stereocenters. The molecule has 0 saturated carbocycles. The van der Waals surface area contributed by atoms with Crippen molar-refractivity contribution < 1.29 is 22.6 Å². The Bertz CT molecular complexity index is 142. The summed E-state index contributed by atoms with van der Waals surface area (Å²) >= 11 is 0. The second-order valence-corrected chi connectivity index (χ2v) is 3.07. The van der Waals surface area contributed by atoms with Gasteiger partial charge in [-0.05, 0) is 13.0 Å². The summed E-state index contributed by atoms with van der Waals surface area (Å²) in [7, 11) is 1.59. The Balaban J connectivity index is 2.99. The number of rotatable bonds is 9. The van der Waals surface area contributed by atoms with Crippen LogP contribution < -0.4 is 5.32 Å². The van der Waals surface area contributed by atoms with Crippen molar-refractivity contribution >= 4 is 0 Å². The van der Waals surface area contributed by atoms with Gasteiger partial charge in [-0.3, -0.25) is 0 Å². The SMILES string of the molecule is COCCOCCCNCCC(F)(F)F. The van der Waals surface area contributed by atoms with Crippen molar-refractivity contribution in [2.24, 2.45) is 0 Å². The number of hydrogen-bond acceptors (Lipinski definition) is 3. The fourth-order valence-electron chi connectivity index (χ4n) is 0.899. The van der Waals surface area contributed by atoms with E-state index in [-0.39, 0.29) is 6.54 Å². The normalized spacial score (nSPS) is 12.0. The minimum absolute atomic E-state index is 0.0262. The summed E-state index contributed by atoms with van der Waals surface area (Å²) in [6.07, 6.45) is -4.14. The Morgan fingerprint density at radius 1 is 1.07 bits per heavy atom. The molecule has 0 saturated heterocycles. The number of methoxy groups -OCH3 is 1. The third-order valence-electron chi connectivity index (χ3n) is 1.66. The highest BCUT2D eigenvalue weighted by Crippen LogP contribution is 2.17. The van der Waals surface area contributed by atoms with E-state index in [1.807, 2.05) is 0 Å². The average Bonchev–Trinajstić information content (AvgIpc) is 2.14. The highest BCUT2D eigenvalue weighted by Gasteiger charge is 2.25. The zero-order chi connectivity index (χ0) is 11.6. The number of hydrogen-bond donors (Lipinski definition) is 1. The molecule has 15 heavy (non-hydrogen) atoms. The van der Waals surface area contributed by atoms with Crippen LogP contribution in [-0.2, 0) is 9.47 Å². The molecule has 0 bridgehead atoms. The first-order valence-corrected chi connectivity index (χ1v) is 4.90. The van der Waals surface area contributed by atoms with Gasteiger partial charge in [0.2, 0.25) is 0 Å². The molecule has 0 aromatic rings. The fourth-order valence-corrected chi connectivity index (χ4v) is 0.899. The molecule has 0 amide bonds. The molecule has 0 fully saturated rings. The Hall–Kier alpha value is -0.330. The van der Waals surface area contributed by atoms with E-state index in [1.165, 1.54) is 0 Å². The van der Waals surface area contributed by atoms with E-state index in [2.05, 4.69) is 5.32 Å². The lowest BCUT2D eigenvalue weighted by atomic mass is 10.4. The summed E-state index contributed by atoms with van der Waals surface area (Å²) in [5.41, 5.74) is 0. The van der Waals surface area contributed by atoms with Gasteiger partial charge in [-0.25, -0.2) is 0 Å². The van der Waals surface area contributed by atoms with Crippen molar-refractivity contribution in [3.05, 3.63) is 0 Å². The summed E-state index contributed by atoms with van der Waals surface area (Å²) in [6, 6.07) is 0. The quantitative estimate of drug-likeness (QED) is 0.609. The molecular formula is C9H18F3NO2. The molecular weight excluding hydrogens is 211 g/mol. The van der Waals surface area contributed by atoms with Crippen LogP contribution in [0.25, 0.3) is 0 Å². The van der Waals surface area contributed by atoms with Gasteiger partial charge in [0.1, 0.15) is 0 Å². The Morgan fingerprint density at radius 3 is 2.40 bits per heavy atom. The number of halogens is 3. The van der Waals surface area contributed by atoms with Crippen molar-refractivity contribution in [2.45, 2.75) is 19.0 Å². The van der Waals surface area contributed by atoms with Crippen LogP contribution in [0, 0.1) is 0 Å². The van der Waals surface area contributed by atoms with Gasteiger partial charge in [-0.1, -0.05) is 0 Å². The fraction of sp³-hybridized carbons (Fsp3) is 1.00. The molecule has 0 spiro atoms. The maximum atomic E-state index is 11.7. The number of nitrogens with one attached hydrogen (secondary N) is 1. The van der Waals surface area contributed by atoms with Crippen LogP contribution >= 0.6 is 0 Å². The van der Waals surface area contributed by atoms with Crippen LogP contribution in [-0.4, -0.2) is 46.2 Å². The van der Waals surface area contributed by atoms with Crippen molar-refractivity contribution in [3.8, 4) is 0 Å². The van der Waals surface area contributed by atoms with E-state index >= 15 is 0 Å². The van der Waals surface area contributed by atoms with Gasteiger partial charge in [0, 0.05) is 20.3 Å². The maximum absolute atomic E-state index is 11.7. The predicted octanol–water partition coefficient (Wildman–Crippen LogP) is 1.58. The lowest BCUT2D eigenvalue weighted by Crippen LogP contribution is -2.23. The zero-order valence-electron chi connectivity index (χ0n) is 8.90. The first-order chi connectivity index (χ1) is 7.06.